The van der Waals surface area contributed by atoms with Crippen LogP contribution in [-0.2, 0) is 21.4 Å². The lowest BCUT2D eigenvalue weighted by Gasteiger charge is -2.22. The van der Waals surface area contributed by atoms with Crippen LogP contribution in [0.1, 0.15) is 16.7 Å². The molecule has 0 saturated heterocycles. The Morgan fingerprint density at radius 1 is 0.941 bits per heavy atom. The third kappa shape index (κ3) is 7.52. The second-order valence-corrected chi connectivity index (χ2v) is 9.91. The van der Waals surface area contributed by atoms with Crippen LogP contribution in [0.25, 0.3) is 0 Å². The number of sulfonamides is 1. The molecule has 3 aromatic carbocycles. The van der Waals surface area contributed by atoms with Gasteiger partial charge in [-0.15, -0.1) is 0 Å². The maximum Gasteiger partial charge on any atom is 0.240 e. The summed E-state index contributed by atoms with van der Waals surface area (Å²) in [5.74, 6) is 0.954. The molecule has 3 rings (SSSR count). The average Bonchev–Trinajstić information content (AvgIpc) is 2.81. The molecular formula is C26H30N2O5S. The predicted octanol–water partition coefficient (Wildman–Crippen LogP) is 3.84. The number of hydrogen-bond acceptors (Lipinski definition) is 5. The van der Waals surface area contributed by atoms with E-state index in [1.807, 2.05) is 62.4 Å². The van der Waals surface area contributed by atoms with E-state index in [1.54, 1.807) is 24.3 Å². The maximum atomic E-state index is 12.4. The van der Waals surface area contributed by atoms with Crippen LogP contribution >= 0.6 is 0 Å². The number of anilines is 1. The van der Waals surface area contributed by atoms with Gasteiger partial charge in [0.25, 0.3) is 0 Å². The fourth-order valence-electron chi connectivity index (χ4n) is 3.25. The zero-order chi connectivity index (χ0) is 24.6. The van der Waals surface area contributed by atoms with Crippen LogP contribution in [0.2, 0.25) is 0 Å². The largest absolute Gasteiger partial charge is 0.491 e. The van der Waals surface area contributed by atoms with Crippen molar-refractivity contribution in [3.63, 3.8) is 0 Å². The normalized spacial score (nSPS) is 11.0. The molecule has 180 valence electrons. The molecule has 0 unspecified atom stereocenters. The molecule has 0 aliphatic carbocycles. The number of ether oxygens (including phenoxy) is 2. The van der Waals surface area contributed by atoms with Gasteiger partial charge in [0.15, 0.2) is 0 Å². The number of benzene rings is 3. The summed E-state index contributed by atoms with van der Waals surface area (Å²) in [6, 6.07) is 22.3. The van der Waals surface area contributed by atoms with Gasteiger partial charge in [-0.2, -0.15) is 0 Å². The number of nitrogens with zero attached hydrogens (tertiary/aromatic N) is 1. The van der Waals surface area contributed by atoms with Gasteiger partial charge in [0, 0.05) is 0 Å². The first-order chi connectivity index (χ1) is 16.2. The summed E-state index contributed by atoms with van der Waals surface area (Å²) < 4.78 is 37.2. The minimum atomic E-state index is -3.66. The highest BCUT2D eigenvalue weighted by Crippen LogP contribution is 2.22. The van der Waals surface area contributed by atoms with Crippen molar-refractivity contribution in [2.75, 3.05) is 30.3 Å². The van der Waals surface area contributed by atoms with Gasteiger partial charge in [0.1, 0.15) is 31.3 Å². The van der Waals surface area contributed by atoms with E-state index in [2.05, 4.69) is 5.32 Å². The smallest absolute Gasteiger partial charge is 0.240 e. The Hall–Kier alpha value is -3.52. The Morgan fingerprint density at radius 3 is 2.32 bits per heavy atom. The second kappa shape index (κ2) is 11.6. The second-order valence-electron chi connectivity index (χ2n) is 8.01. The Labute approximate surface area is 201 Å². The topological polar surface area (TPSA) is 84.9 Å². The first kappa shape index (κ1) is 25.1. The summed E-state index contributed by atoms with van der Waals surface area (Å²) in [5.41, 5.74) is 3.51. The summed E-state index contributed by atoms with van der Waals surface area (Å²) in [5, 5.41) is 2.71. The number of aryl methyl sites for hydroxylation is 2. The average molecular weight is 483 g/mol. The SMILES string of the molecule is Cc1ccc(C)c(OCCNC(=O)CN(c2ccc(OCc3ccccc3)cc2)S(C)(=O)=O)c1. The van der Waals surface area contributed by atoms with Gasteiger partial charge in [0.2, 0.25) is 15.9 Å². The van der Waals surface area contributed by atoms with Crippen molar-refractivity contribution in [3.8, 4) is 11.5 Å². The van der Waals surface area contributed by atoms with Crippen LogP contribution in [-0.4, -0.2) is 40.3 Å². The highest BCUT2D eigenvalue weighted by molar-refractivity contribution is 7.92. The van der Waals surface area contributed by atoms with Crippen molar-refractivity contribution in [3.05, 3.63) is 89.5 Å². The quantitative estimate of drug-likeness (QED) is 0.420. The number of carbonyl (C=O) groups is 1. The van der Waals surface area contributed by atoms with Crippen molar-refractivity contribution in [1.29, 1.82) is 0 Å². The molecule has 3 aromatic rings. The maximum absolute atomic E-state index is 12.4. The number of hydrogen-bond donors (Lipinski definition) is 1. The minimum absolute atomic E-state index is 0.260. The van der Waals surface area contributed by atoms with Gasteiger partial charge in [-0.3, -0.25) is 9.10 Å². The molecule has 0 saturated carbocycles. The van der Waals surface area contributed by atoms with Gasteiger partial charge >= 0.3 is 0 Å². The van der Waals surface area contributed by atoms with Crippen LogP contribution < -0.4 is 19.1 Å². The van der Waals surface area contributed by atoms with Gasteiger partial charge in [-0.25, -0.2) is 8.42 Å². The molecule has 0 bridgehead atoms. The molecule has 7 nitrogen and oxygen atoms in total. The van der Waals surface area contributed by atoms with Crippen molar-refractivity contribution in [1.82, 2.24) is 5.32 Å². The number of nitrogens with one attached hydrogen (secondary N) is 1. The zero-order valence-electron chi connectivity index (χ0n) is 19.7. The molecule has 0 atom stereocenters. The van der Waals surface area contributed by atoms with E-state index in [4.69, 9.17) is 9.47 Å². The van der Waals surface area contributed by atoms with Crippen LogP contribution in [0, 0.1) is 13.8 Å². The molecule has 0 heterocycles. The molecule has 0 aliphatic rings. The lowest BCUT2D eigenvalue weighted by atomic mass is 10.1. The highest BCUT2D eigenvalue weighted by atomic mass is 32.2. The van der Waals surface area contributed by atoms with Crippen LogP contribution in [0.5, 0.6) is 11.5 Å². The summed E-state index contributed by atoms with van der Waals surface area (Å²) in [6.45, 7) is 4.55. The van der Waals surface area contributed by atoms with Gasteiger partial charge in [-0.05, 0) is 60.9 Å². The standard InChI is InChI=1S/C26H30N2O5S/c1-20-9-10-21(2)25(17-20)32-16-15-27-26(29)18-28(34(3,30)31)23-11-13-24(14-12-23)33-19-22-7-5-4-6-8-22/h4-14,17H,15-16,18-19H2,1-3H3,(H,27,29). The molecule has 0 fully saturated rings. The Kier molecular flexibility index (Phi) is 8.54. The van der Waals surface area contributed by atoms with Gasteiger partial charge in [0.05, 0.1) is 18.5 Å². The van der Waals surface area contributed by atoms with E-state index >= 15 is 0 Å². The molecule has 0 aliphatic heterocycles. The van der Waals surface area contributed by atoms with E-state index in [0.717, 1.165) is 33.0 Å². The monoisotopic (exact) mass is 482 g/mol. The summed E-state index contributed by atoms with van der Waals surface area (Å²) >= 11 is 0. The molecule has 34 heavy (non-hydrogen) atoms. The molecule has 8 heteroatoms. The van der Waals surface area contributed by atoms with E-state index in [1.165, 1.54) is 0 Å². The van der Waals surface area contributed by atoms with Crippen LogP contribution in [0.4, 0.5) is 5.69 Å². The third-order valence-corrected chi connectivity index (χ3v) is 6.23. The number of rotatable bonds is 11. The van der Waals surface area contributed by atoms with E-state index < -0.39 is 15.9 Å². The van der Waals surface area contributed by atoms with Crippen LogP contribution in [0.3, 0.4) is 0 Å². The molecule has 1 amide bonds. The van der Waals surface area contributed by atoms with E-state index in [9.17, 15) is 13.2 Å². The molecular weight excluding hydrogens is 452 g/mol. The van der Waals surface area contributed by atoms with Crippen molar-refractivity contribution >= 4 is 21.6 Å². The Bertz CT molecular complexity index is 1200. The molecule has 0 radical (unpaired) electrons. The van der Waals surface area contributed by atoms with E-state index in [0.29, 0.717) is 18.0 Å². The first-order valence-corrected chi connectivity index (χ1v) is 12.8. The molecule has 1 N–H and O–H groups in total. The van der Waals surface area contributed by atoms with Gasteiger partial charge < -0.3 is 14.8 Å². The van der Waals surface area contributed by atoms with Gasteiger partial charge in [-0.1, -0.05) is 42.5 Å². The lowest BCUT2D eigenvalue weighted by molar-refractivity contribution is -0.119. The van der Waals surface area contributed by atoms with Crippen molar-refractivity contribution < 1.29 is 22.7 Å². The van der Waals surface area contributed by atoms with Crippen molar-refractivity contribution in [2.45, 2.75) is 20.5 Å². The summed E-state index contributed by atoms with van der Waals surface area (Å²) in [7, 11) is -3.66. The first-order valence-electron chi connectivity index (χ1n) is 10.9. The van der Waals surface area contributed by atoms with Crippen LogP contribution in [0.15, 0.2) is 72.8 Å². The summed E-state index contributed by atoms with van der Waals surface area (Å²) in [6.07, 6.45) is 1.07. The molecule has 0 aromatic heterocycles. The zero-order valence-corrected chi connectivity index (χ0v) is 20.5. The third-order valence-electron chi connectivity index (χ3n) is 5.09. The predicted molar refractivity (Wildman–Crippen MR) is 134 cm³/mol. The highest BCUT2D eigenvalue weighted by Gasteiger charge is 2.20. The number of carbonyl (C=O) groups excluding carboxylic acids is 1. The fourth-order valence-corrected chi connectivity index (χ4v) is 4.11. The molecule has 0 spiro atoms. The van der Waals surface area contributed by atoms with Crippen molar-refractivity contribution in [2.24, 2.45) is 0 Å². The number of amides is 1. The lowest BCUT2D eigenvalue weighted by Crippen LogP contribution is -2.41. The van der Waals surface area contributed by atoms with E-state index in [-0.39, 0.29) is 19.7 Å². The Morgan fingerprint density at radius 2 is 1.65 bits per heavy atom. The summed E-state index contributed by atoms with van der Waals surface area (Å²) in [4.78, 5) is 12.4. The minimum Gasteiger partial charge on any atom is -0.491 e. The fraction of sp³-hybridized carbons (Fsp3) is 0.269. The Balaban J connectivity index is 1.53.